The van der Waals surface area contributed by atoms with Crippen LogP contribution in [0.15, 0.2) is 26.1 Å². The number of aromatic nitrogens is 3. The summed E-state index contributed by atoms with van der Waals surface area (Å²) < 4.78 is 6.07. The standard InChI is InChI=1S/C9H8BrN3S2/c1-5-3-7(10)4-11-8(5)14-9-12-6(2)13-15-9/h3-4H,1-2H3. The third-order valence-corrected chi connectivity index (χ3v) is 4.09. The fraction of sp³-hybridized carbons (Fsp3) is 0.222. The lowest BCUT2D eigenvalue weighted by Crippen LogP contribution is -1.85. The first-order valence-corrected chi connectivity index (χ1v) is 6.64. The summed E-state index contributed by atoms with van der Waals surface area (Å²) in [4.78, 5) is 8.63. The molecule has 78 valence electrons. The molecule has 0 saturated heterocycles. The van der Waals surface area contributed by atoms with Crippen molar-refractivity contribution >= 4 is 39.2 Å². The molecule has 0 aromatic carbocycles. The van der Waals surface area contributed by atoms with E-state index >= 15 is 0 Å². The summed E-state index contributed by atoms with van der Waals surface area (Å²) in [5.41, 5.74) is 1.14. The summed E-state index contributed by atoms with van der Waals surface area (Å²) >= 11 is 6.35. The molecule has 2 heterocycles. The second-order valence-corrected chi connectivity index (χ2v) is 5.89. The largest absolute Gasteiger partial charge is 0.248 e. The van der Waals surface area contributed by atoms with E-state index in [-0.39, 0.29) is 0 Å². The first-order valence-electron chi connectivity index (χ1n) is 4.25. The quantitative estimate of drug-likeness (QED) is 0.851. The van der Waals surface area contributed by atoms with Crippen LogP contribution < -0.4 is 0 Å². The third-order valence-electron chi connectivity index (χ3n) is 1.69. The highest BCUT2D eigenvalue weighted by molar-refractivity contribution is 9.10. The highest BCUT2D eigenvalue weighted by atomic mass is 79.9. The van der Waals surface area contributed by atoms with Gasteiger partial charge in [0.2, 0.25) is 0 Å². The van der Waals surface area contributed by atoms with Crippen LogP contribution in [0.4, 0.5) is 0 Å². The highest BCUT2D eigenvalue weighted by Crippen LogP contribution is 2.30. The molecular formula is C9H8BrN3S2. The van der Waals surface area contributed by atoms with E-state index in [2.05, 4.69) is 30.3 Å². The fourth-order valence-corrected chi connectivity index (χ4v) is 3.07. The Kier molecular flexibility index (Phi) is 3.38. The van der Waals surface area contributed by atoms with E-state index in [1.54, 1.807) is 18.0 Å². The molecule has 0 spiro atoms. The molecule has 0 aliphatic heterocycles. The molecule has 0 amide bonds. The van der Waals surface area contributed by atoms with Crippen molar-refractivity contribution in [2.75, 3.05) is 0 Å². The third kappa shape index (κ3) is 2.76. The second-order valence-electron chi connectivity index (χ2n) is 2.99. The number of hydrogen-bond acceptors (Lipinski definition) is 5. The van der Waals surface area contributed by atoms with Gasteiger partial charge >= 0.3 is 0 Å². The van der Waals surface area contributed by atoms with Gasteiger partial charge in [-0.25, -0.2) is 9.97 Å². The molecule has 0 fully saturated rings. The number of hydrogen-bond donors (Lipinski definition) is 0. The Morgan fingerprint density at radius 3 is 2.80 bits per heavy atom. The lowest BCUT2D eigenvalue weighted by molar-refractivity contribution is 1.05. The lowest BCUT2D eigenvalue weighted by atomic mass is 10.3. The second kappa shape index (κ2) is 4.59. The van der Waals surface area contributed by atoms with Gasteiger partial charge in [-0.2, -0.15) is 4.37 Å². The van der Waals surface area contributed by atoms with Crippen LogP contribution in [0.25, 0.3) is 0 Å². The van der Waals surface area contributed by atoms with Crippen molar-refractivity contribution in [3.05, 3.63) is 28.1 Å². The van der Waals surface area contributed by atoms with Crippen LogP contribution in [0, 0.1) is 13.8 Å². The molecule has 0 aliphatic rings. The Hall–Kier alpha value is -0.460. The molecular weight excluding hydrogens is 294 g/mol. The van der Waals surface area contributed by atoms with E-state index in [0.717, 1.165) is 25.2 Å². The maximum absolute atomic E-state index is 4.34. The van der Waals surface area contributed by atoms with Crippen LogP contribution in [-0.4, -0.2) is 14.3 Å². The van der Waals surface area contributed by atoms with Gasteiger partial charge in [0.25, 0.3) is 0 Å². The molecule has 6 heteroatoms. The topological polar surface area (TPSA) is 38.7 Å². The minimum absolute atomic E-state index is 0.817. The molecule has 15 heavy (non-hydrogen) atoms. The van der Waals surface area contributed by atoms with Crippen molar-refractivity contribution < 1.29 is 0 Å². The highest BCUT2D eigenvalue weighted by Gasteiger charge is 2.07. The number of rotatable bonds is 2. The Morgan fingerprint density at radius 2 is 2.20 bits per heavy atom. The van der Waals surface area contributed by atoms with Crippen LogP contribution >= 0.6 is 39.2 Å². The summed E-state index contributed by atoms with van der Waals surface area (Å²) in [5.74, 6) is 0.817. The van der Waals surface area contributed by atoms with Gasteiger partial charge < -0.3 is 0 Å². The minimum atomic E-state index is 0.817. The van der Waals surface area contributed by atoms with Gasteiger partial charge in [0.1, 0.15) is 10.9 Å². The molecule has 2 aromatic heterocycles. The number of nitrogens with zero attached hydrogens (tertiary/aromatic N) is 3. The molecule has 3 nitrogen and oxygen atoms in total. The van der Waals surface area contributed by atoms with Gasteiger partial charge in [-0.15, -0.1) is 0 Å². The lowest BCUT2D eigenvalue weighted by Gasteiger charge is -2.01. The van der Waals surface area contributed by atoms with Crippen molar-refractivity contribution in [3.8, 4) is 0 Å². The van der Waals surface area contributed by atoms with Gasteiger partial charge in [0.05, 0.1) is 0 Å². The zero-order chi connectivity index (χ0) is 10.8. The zero-order valence-electron chi connectivity index (χ0n) is 8.19. The summed E-state index contributed by atoms with van der Waals surface area (Å²) in [5, 5.41) is 0.981. The molecule has 2 rings (SSSR count). The van der Waals surface area contributed by atoms with Gasteiger partial charge in [0, 0.05) is 10.7 Å². The van der Waals surface area contributed by atoms with E-state index in [1.165, 1.54) is 11.5 Å². The van der Waals surface area contributed by atoms with Crippen molar-refractivity contribution in [2.24, 2.45) is 0 Å². The average Bonchev–Trinajstić information content (AvgIpc) is 2.56. The van der Waals surface area contributed by atoms with E-state index in [0.29, 0.717) is 0 Å². The molecule has 0 aliphatic carbocycles. The van der Waals surface area contributed by atoms with Crippen molar-refractivity contribution in [1.82, 2.24) is 14.3 Å². The predicted octanol–water partition coefficient (Wildman–Crippen LogP) is 3.46. The molecule has 0 atom stereocenters. The monoisotopic (exact) mass is 301 g/mol. The van der Waals surface area contributed by atoms with Crippen molar-refractivity contribution in [3.63, 3.8) is 0 Å². The zero-order valence-corrected chi connectivity index (χ0v) is 11.4. The van der Waals surface area contributed by atoms with E-state index in [1.807, 2.05) is 19.9 Å². The molecule has 0 saturated carbocycles. The average molecular weight is 302 g/mol. The normalized spacial score (nSPS) is 10.6. The van der Waals surface area contributed by atoms with Gasteiger partial charge in [-0.05, 0) is 64.7 Å². The van der Waals surface area contributed by atoms with Crippen molar-refractivity contribution in [1.29, 1.82) is 0 Å². The van der Waals surface area contributed by atoms with Crippen LogP contribution in [0.1, 0.15) is 11.4 Å². The fourth-order valence-electron chi connectivity index (χ4n) is 1.04. The van der Waals surface area contributed by atoms with Crippen LogP contribution in [-0.2, 0) is 0 Å². The number of aryl methyl sites for hydroxylation is 2. The summed E-state index contributed by atoms with van der Waals surface area (Å²) in [6.07, 6.45) is 1.79. The Balaban J connectivity index is 2.24. The number of halogens is 1. The summed E-state index contributed by atoms with van der Waals surface area (Å²) in [7, 11) is 0. The molecule has 0 unspecified atom stereocenters. The maximum atomic E-state index is 4.34. The Bertz CT molecular complexity index is 484. The molecule has 0 bridgehead atoms. The number of pyridine rings is 1. The Morgan fingerprint density at radius 1 is 1.40 bits per heavy atom. The maximum Gasteiger partial charge on any atom is 0.176 e. The molecule has 2 aromatic rings. The van der Waals surface area contributed by atoms with E-state index in [4.69, 9.17) is 0 Å². The summed E-state index contributed by atoms with van der Waals surface area (Å²) in [6, 6.07) is 2.04. The van der Waals surface area contributed by atoms with E-state index in [9.17, 15) is 0 Å². The van der Waals surface area contributed by atoms with E-state index < -0.39 is 0 Å². The molecule has 0 radical (unpaired) electrons. The van der Waals surface area contributed by atoms with Crippen LogP contribution in [0.3, 0.4) is 0 Å². The molecule has 0 N–H and O–H groups in total. The van der Waals surface area contributed by atoms with Gasteiger partial charge in [0.15, 0.2) is 4.34 Å². The van der Waals surface area contributed by atoms with Crippen molar-refractivity contribution in [2.45, 2.75) is 23.2 Å². The minimum Gasteiger partial charge on any atom is -0.248 e. The first kappa shape index (κ1) is 11.0. The van der Waals surface area contributed by atoms with Gasteiger partial charge in [-0.1, -0.05) is 0 Å². The van der Waals surface area contributed by atoms with Crippen LogP contribution in [0.2, 0.25) is 0 Å². The smallest absolute Gasteiger partial charge is 0.176 e. The first-order chi connectivity index (χ1) is 7.15. The predicted molar refractivity (Wildman–Crippen MR) is 65.4 cm³/mol. The summed E-state index contributed by atoms with van der Waals surface area (Å²) in [6.45, 7) is 3.93. The Labute approximate surface area is 105 Å². The SMILES string of the molecule is Cc1nsc(Sc2ncc(Br)cc2C)n1. The van der Waals surface area contributed by atoms with Gasteiger partial charge in [-0.3, -0.25) is 0 Å². The van der Waals surface area contributed by atoms with Crippen LogP contribution in [0.5, 0.6) is 0 Å².